The smallest absolute Gasteiger partial charge is 0.253 e. The van der Waals surface area contributed by atoms with Gasteiger partial charge in [0, 0.05) is 10.4 Å². The number of hydrogen-bond donors (Lipinski definition) is 1. The lowest BCUT2D eigenvalue weighted by atomic mass is 9.78. The number of amides is 1. The lowest BCUT2D eigenvalue weighted by molar-refractivity contribution is 0.0852. The van der Waals surface area contributed by atoms with Crippen LogP contribution in [0.1, 0.15) is 29.6 Å². The van der Waals surface area contributed by atoms with Gasteiger partial charge in [0.25, 0.3) is 5.91 Å². The van der Waals surface area contributed by atoms with Crippen LogP contribution in [0, 0.1) is 5.82 Å². The summed E-state index contributed by atoms with van der Waals surface area (Å²) in [6, 6.07) is 4.06. The van der Waals surface area contributed by atoms with Crippen LogP contribution < -0.4 is 5.32 Å². The van der Waals surface area contributed by atoms with E-state index in [-0.39, 0.29) is 11.4 Å². The molecule has 1 N–H and O–H groups in total. The predicted molar refractivity (Wildman–Crippen MR) is 68.9 cm³/mol. The molecule has 17 heavy (non-hydrogen) atoms. The molecule has 2 rings (SSSR count). The molecule has 0 radical (unpaired) electrons. The highest BCUT2D eigenvalue weighted by molar-refractivity contribution is 9.10. The fourth-order valence-corrected chi connectivity index (χ4v) is 2.64. The van der Waals surface area contributed by atoms with Crippen LogP contribution in [0.15, 0.2) is 22.7 Å². The summed E-state index contributed by atoms with van der Waals surface area (Å²) >= 11 is 9.10. The Labute approximate surface area is 113 Å². The summed E-state index contributed by atoms with van der Waals surface area (Å²) in [5.74, 6) is -0.310. The predicted octanol–water partition coefficient (Wildman–Crippen LogP) is 3.48. The number of rotatable bonds is 3. The lowest BCUT2D eigenvalue weighted by Gasteiger charge is -2.41. The minimum absolute atomic E-state index is 0.281. The van der Waals surface area contributed by atoms with Crippen LogP contribution in [0.5, 0.6) is 0 Å². The molecule has 1 aromatic rings. The molecule has 0 atom stereocenters. The molecular formula is C12H12BrClFNO. The Balaban J connectivity index is 2.17. The zero-order chi connectivity index (χ0) is 12.5. The Morgan fingerprint density at radius 1 is 1.53 bits per heavy atom. The first-order valence-electron chi connectivity index (χ1n) is 5.40. The van der Waals surface area contributed by atoms with Crippen molar-refractivity contribution in [1.82, 2.24) is 5.32 Å². The molecule has 1 saturated carbocycles. The molecule has 1 aromatic carbocycles. The van der Waals surface area contributed by atoms with Crippen molar-refractivity contribution in [1.29, 1.82) is 0 Å². The van der Waals surface area contributed by atoms with E-state index in [0.717, 1.165) is 19.3 Å². The lowest BCUT2D eigenvalue weighted by Crippen LogP contribution is -2.55. The molecule has 0 aliphatic heterocycles. The maximum absolute atomic E-state index is 13.1. The Morgan fingerprint density at radius 3 is 2.76 bits per heavy atom. The highest BCUT2D eigenvalue weighted by Gasteiger charge is 2.37. The maximum atomic E-state index is 13.1. The normalized spacial score (nSPS) is 17.4. The third-order valence-corrected chi connectivity index (χ3v) is 4.32. The third kappa shape index (κ3) is 2.63. The molecule has 2 nitrogen and oxygen atoms in total. The van der Waals surface area contributed by atoms with Gasteiger partial charge in [-0.05, 0) is 53.4 Å². The van der Waals surface area contributed by atoms with Crippen LogP contribution in [0.2, 0.25) is 0 Å². The van der Waals surface area contributed by atoms with Gasteiger partial charge in [0.2, 0.25) is 0 Å². The second-order valence-electron chi connectivity index (χ2n) is 4.35. The Morgan fingerprint density at radius 2 is 2.24 bits per heavy atom. The van der Waals surface area contributed by atoms with Crippen LogP contribution >= 0.6 is 27.5 Å². The first-order chi connectivity index (χ1) is 8.06. The van der Waals surface area contributed by atoms with Crippen LogP contribution in [-0.2, 0) is 0 Å². The second-order valence-corrected chi connectivity index (χ2v) is 5.47. The van der Waals surface area contributed by atoms with Gasteiger partial charge in [0.1, 0.15) is 5.82 Å². The minimum atomic E-state index is -0.424. The Bertz CT molecular complexity index is 443. The first-order valence-corrected chi connectivity index (χ1v) is 6.73. The zero-order valence-corrected chi connectivity index (χ0v) is 11.4. The molecule has 1 amide bonds. The first kappa shape index (κ1) is 12.8. The van der Waals surface area contributed by atoms with Crippen molar-refractivity contribution in [2.45, 2.75) is 24.8 Å². The number of carbonyl (C=O) groups is 1. The molecule has 0 aromatic heterocycles. The molecule has 92 valence electrons. The standard InChI is InChI=1S/C12H12BrClFNO/c13-10-3-2-8(15)6-9(10)11(17)16-12(7-14)4-1-5-12/h2-3,6H,1,4-5,7H2,(H,16,17). The van der Waals surface area contributed by atoms with Crippen molar-refractivity contribution in [3.63, 3.8) is 0 Å². The van der Waals surface area contributed by atoms with E-state index in [1.165, 1.54) is 18.2 Å². The fourth-order valence-electron chi connectivity index (χ4n) is 1.88. The maximum Gasteiger partial charge on any atom is 0.253 e. The van der Waals surface area contributed by atoms with Crippen molar-refractivity contribution >= 4 is 33.4 Å². The highest BCUT2D eigenvalue weighted by atomic mass is 79.9. The summed E-state index contributed by atoms with van der Waals surface area (Å²) in [5, 5.41) is 2.90. The monoisotopic (exact) mass is 319 g/mol. The number of alkyl halides is 1. The van der Waals surface area contributed by atoms with Gasteiger partial charge in [-0.3, -0.25) is 4.79 Å². The quantitative estimate of drug-likeness (QED) is 0.849. The van der Waals surface area contributed by atoms with Gasteiger partial charge in [-0.2, -0.15) is 0 Å². The molecule has 0 heterocycles. The van der Waals surface area contributed by atoms with E-state index in [9.17, 15) is 9.18 Å². The molecule has 5 heteroatoms. The van der Waals surface area contributed by atoms with Gasteiger partial charge >= 0.3 is 0 Å². The van der Waals surface area contributed by atoms with Crippen molar-refractivity contribution in [3.05, 3.63) is 34.1 Å². The van der Waals surface area contributed by atoms with Gasteiger partial charge in [-0.1, -0.05) is 0 Å². The van der Waals surface area contributed by atoms with E-state index in [4.69, 9.17) is 11.6 Å². The summed E-state index contributed by atoms with van der Waals surface area (Å²) in [6.07, 6.45) is 2.83. The number of hydrogen-bond acceptors (Lipinski definition) is 1. The van der Waals surface area contributed by atoms with Crippen LogP contribution in [0.4, 0.5) is 4.39 Å². The second kappa shape index (κ2) is 4.94. The SMILES string of the molecule is O=C(NC1(CCl)CCC1)c1cc(F)ccc1Br. The van der Waals surface area contributed by atoms with Gasteiger partial charge in [0.15, 0.2) is 0 Å². The summed E-state index contributed by atoms with van der Waals surface area (Å²) < 4.78 is 13.7. The number of nitrogens with one attached hydrogen (secondary N) is 1. The largest absolute Gasteiger partial charge is 0.345 e. The molecule has 0 saturated heterocycles. The molecule has 0 bridgehead atoms. The fraction of sp³-hybridized carbons (Fsp3) is 0.417. The third-order valence-electron chi connectivity index (χ3n) is 3.12. The summed E-state index contributed by atoms with van der Waals surface area (Å²) in [4.78, 5) is 12.0. The van der Waals surface area contributed by atoms with Crippen LogP contribution in [-0.4, -0.2) is 17.3 Å². The van der Waals surface area contributed by atoms with Crippen LogP contribution in [0.3, 0.4) is 0 Å². The van der Waals surface area contributed by atoms with Crippen molar-refractivity contribution in [3.8, 4) is 0 Å². The topological polar surface area (TPSA) is 29.1 Å². The van der Waals surface area contributed by atoms with E-state index >= 15 is 0 Å². The number of benzene rings is 1. The summed E-state index contributed by atoms with van der Waals surface area (Å²) in [5.41, 5.74) is 0.00565. The average molecular weight is 321 g/mol. The molecule has 1 aliphatic carbocycles. The highest BCUT2D eigenvalue weighted by Crippen LogP contribution is 2.33. The van der Waals surface area contributed by atoms with E-state index in [0.29, 0.717) is 15.9 Å². The minimum Gasteiger partial charge on any atom is -0.345 e. The van der Waals surface area contributed by atoms with Crippen molar-refractivity contribution < 1.29 is 9.18 Å². The zero-order valence-electron chi connectivity index (χ0n) is 9.10. The molecular weight excluding hydrogens is 308 g/mol. The van der Waals surface area contributed by atoms with Gasteiger partial charge in [0.05, 0.1) is 11.1 Å². The summed E-state index contributed by atoms with van der Waals surface area (Å²) in [6.45, 7) is 0. The van der Waals surface area contributed by atoms with Crippen molar-refractivity contribution in [2.75, 3.05) is 5.88 Å². The number of carbonyl (C=O) groups excluding carboxylic acids is 1. The average Bonchev–Trinajstić information content (AvgIpc) is 2.26. The Hall–Kier alpha value is -0.610. The Kier molecular flexibility index (Phi) is 3.73. The van der Waals surface area contributed by atoms with Crippen molar-refractivity contribution in [2.24, 2.45) is 0 Å². The molecule has 0 spiro atoms. The van der Waals surface area contributed by atoms with Gasteiger partial charge < -0.3 is 5.32 Å². The number of halogens is 3. The van der Waals surface area contributed by atoms with E-state index < -0.39 is 5.82 Å². The van der Waals surface area contributed by atoms with Crippen LogP contribution in [0.25, 0.3) is 0 Å². The van der Waals surface area contributed by atoms with Gasteiger partial charge in [-0.15, -0.1) is 11.6 Å². The van der Waals surface area contributed by atoms with E-state index in [2.05, 4.69) is 21.2 Å². The van der Waals surface area contributed by atoms with E-state index in [1.807, 2.05) is 0 Å². The molecule has 1 fully saturated rings. The molecule has 1 aliphatic rings. The van der Waals surface area contributed by atoms with E-state index in [1.54, 1.807) is 0 Å². The van der Waals surface area contributed by atoms with Gasteiger partial charge in [-0.25, -0.2) is 4.39 Å². The molecule has 0 unspecified atom stereocenters. The summed E-state index contributed by atoms with van der Waals surface area (Å²) in [7, 11) is 0.